The minimum absolute atomic E-state index is 0.0800. The lowest BCUT2D eigenvalue weighted by molar-refractivity contribution is -0.907. The lowest BCUT2D eigenvalue weighted by Gasteiger charge is -2.28. The lowest BCUT2D eigenvalue weighted by Crippen LogP contribution is -3.14. The molecular formula is C26H29N4O4S+. The monoisotopic (exact) mass is 493 g/mol. The van der Waals surface area contributed by atoms with Gasteiger partial charge in [-0.3, -0.25) is 4.79 Å². The molecule has 3 aromatic rings. The van der Waals surface area contributed by atoms with E-state index in [0.717, 1.165) is 73.4 Å². The van der Waals surface area contributed by atoms with Crippen molar-refractivity contribution in [3.05, 3.63) is 60.3 Å². The van der Waals surface area contributed by atoms with E-state index >= 15 is 0 Å². The number of nitrogens with zero attached hydrogens (tertiary/aromatic N) is 3. The Morgan fingerprint density at radius 2 is 1.80 bits per heavy atom. The summed E-state index contributed by atoms with van der Waals surface area (Å²) in [6, 6.07) is 16.1. The second-order valence-electron chi connectivity index (χ2n) is 8.93. The van der Waals surface area contributed by atoms with E-state index in [9.17, 15) is 4.79 Å². The third-order valence-electron chi connectivity index (χ3n) is 6.72. The van der Waals surface area contributed by atoms with Gasteiger partial charge in [0.15, 0.2) is 11.5 Å². The number of ether oxygens (including phenoxy) is 3. The molecule has 3 aliphatic heterocycles. The summed E-state index contributed by atoms with van der Waals surface area (Å²) in [4.78, 5) is 16.5. The highest BCUT2D eigenvalue weighted by molar-refractivity contribution is 8.00. The van der Waals surface area contributed by atoms with Gasteiger partial charge in [0.25, 0.3) is 0 Å². The third kappa shape index (κ3) is 4.63. The average Bonchev–Trinajstić information content (AvgIpc) is 3.52. The van der Waals surface area contributed by atoms with Crippen LogP contribution in [0.4, 0.5) is 0 Å². The Morgan fingerprint density at radius 3 is 2.63 bits per heavy atom. The molecular weight excluding hydrogens is 464 g/mol. The highest BCUT2D eigenvalue weighted by atomic mass is 32.2. The first-order chi connectivity index (χ1) is 17.3. The van der Waals surface area contributed by atoms with E-state index in [0.29, 0.717) is 19.0 Å². The van der Waals surface area contributed by atoms with E-state index in [-0.39, 0.29) is 11.3 Å². The van der Waals surface area contributed by atoms with Gasteiger partial charge in [-0.15, -0.1) is 11.8 Å². The van der Waals surface area contributed by atoms with Crippen LogP contribution in [0.2, 0.25) is 0 Å². The van der Waals surface area contributed by atoms with Crippen molar-refractivity contribution < 1.29 is 23.9 Å². The number of amides is 1. The molecule has 9 heteroatoms. The number of rotatable bonds is 6. The van der Waals surface area contributed by atoms with Crippen molar-refractivity contribution in [3.63, 3.8) is 0 Å². The molecule has 182 valence electrons. The Kier molecular flexibility index (Phi) is 6.37. The van der Waals surface area contributed by atoms with E-state index in [4.69, 9.17) is 19.3 Å². The first kappa shape index (κ1) is 22.5. The van der Waals surface area contributed by atoms with Crippen molar-refractivity contribution in [2.45, 2.75) is 5.37 Å². The van der Waals surface area contributed by atoms with Gasteiger partial charge in [-0.1, -0.05) is 18.2 Å². The van der Waals surface area contributed by atoms with E-state index < -0.39 is 0 Å². The first-order valence-corrected chi connectivity index (χ1v) is 13.2. The normalized spacial score (nSPS) is 20.4. The van der Waals surface area contributed by atoms with Gasteiger partial charge in [0.05, 0.1) is 43.4 Å². The van der Waals surface area contributed by atoms with Gasteiger partial charge < -0.3 is 24.0 Å². The molecule has 4 heterocycles. The highest BCUT2D eigenvalue weighted by Crippen LogP contribution is 2.44. The summed E-state index contributed by atoms with van der Waals surface area (Å²) >= 11 is 1.68. The molecule has 0 radical (unpaired) electrons. The molecule has 35 heavy (non-hydrogen) atoms. The van der Waals surface area contributed by atoms with E-state index in [2.05, 4.69) is 6.20 Å². The van der Waals surface area contributed by atoms with Gasteiger partial charge >= 0.3 is 0 Å². The zero-order valence-corrected chi connectivity index (χ0v) is 20.3. The molecule has 0 spiro atoms. The molecule has 2 saturated heterocycles. The molecule has 6 rings (SSSR count). The Balaban J connectivity index is 1.35. The maximum atomic E-state index is 13.0. The molecule has 1 amide bonds. The number of aromatic nitrogens is 2. The predicted octanol–water partition coefficient (Wildman–Crippen LogP) is 1.80. The van der Waals surface area contributed by atoms with Gasteiger partial charge in [0.2, 0.25) is 5.91 Å². The number of carbonyl (C=O) groups is 1. The Labute approximate surface area is 208 Å². The van der Waals surface area contributed by atoms with Crippen molar-refractivity contribution in [1.82, 2.24) is 14.7 Å². The van der Waals surface area contributed by atoms with Crippen LogP contribution >= 0.6 is 11.8 Å². The average molecular weight is 494 g/mol. The topological polar surface area (TPSA) is 70.3 Å². The van der Waals surface area contributed by atoms with E-state index in [1.165, 1.54) is 4.90 Å². The van der Waals surface area contributed by atoms with Crippen molar-refractivity contribution >= 4 is 17.7 Å². The second kappa shape index (κ2) is 9.93. The van der Waals surface area contributed by atoms with E-state index in [1.807, 2.05) is 58.1 Å². The molecule has 0 aliphatic carbocycles. The molecule has 2 fully saturated rings. The fourth-order valence-electron chi connectivity index (χ4n) is 4.84. The number of hydrogen-bond acceptors (Lipinski definition) is 6. The summed E-state index contributed by atoms with van der Waals surface area (Å²) in [6.07, 6.45) is 2.08. The van der Waals surface area contributed by atoms with Crippen molar-refractivity contribution in [2.24, 2.45) is 0 Å². The quantitative estimate of drug-likeness (QED) is 0.565. The zero-order chi connectivity index (χ0) is 23.6. The number of carbonyl (C=O) groups excluding carboxylic acids is 1. The molecule has 1 aromatic heterocycles. The number of hydrogen-bond donors (Lipinski definition) is 1. The molecule has 0 unspecified atom stereocenters. The Hall–Kier alpha value is -3.01. The van der Waals surface area contributed by atoms with Crippen LogP contribution in [0.25, 0.3) is 16.9 Å². The maximum absolute atomic E-state index is 13.0. The number of para-hydroxylation sites is 1. The molecule has 0 saturated carbocycles. The largest absolute Gasteiger partial charge is 0.486 e. The smallest absolute Gasteiger partial charge is 0.234 e. The minimum Gasteiger partial charge on any atom is -0.486 e. The summed E-state index contributed by atoms with van der Waals surface area (Å²) < 4.78 is 19.0. The van der Waals surface area contributed by atoms with Gasteiger partial charge in [-0.05, 0) is 30.3 Å². The summed E-state index contributed by atoms with van der Waals surface area (Å²) in [5.74, 6) is 2.16. The van der Waals surface area contributed by atoms with Gasteiger partial charge in [0, 0.05) is 17.3 Å². The molecule has 8 nitrogen and oxygen atoms in total. The minimum atomic E-state index is -0.0800. The summed E-state index contributed by atoms with van der Waals surface area (Å²) in [7, 11) is 0. The van der Waals surface area contributed by atoms with Crippen LogP contribution in [-0.2, 0) is 9.53 Å². The number of nitrogens with one attached hydrogen (secondary N) is 1. The van der Waals surface area contributed by atoms with Gasteiger partial charge in [-0.25, -0.2) is 4.68 Å². The molecule has 3 aliphatic rings. The standard InChI is InChI=1S/C26H28N4O4S/c31-24-18-35-26(29(24)9-8-28-10-12-32-13-11-28)21-17-30(20-4-2-1-3-5-20)27-25(21)19-6-7-22-23(16-19)34-15-14-33-22/h1-7,16-17,26H,8-15,18H2/p+1/t26-/m0/s1. The van der Waals surface area contributed by atoms with Crippen molar-refractivity contribution in [1.29, 1.82) is 0 Å². The van der Waals surface area contributed by atoms with Gasteiger partial charge in [-0.2, -0.15) is 5.10 Å². The molecule has 1 atom stereocenters. The SMILES string of the molecule is O=C1CS[C@@H](c2cn(-c3ccccc3)nc2-c2ccc3c(c2)OCCO3)N1CC[NH+]1CCOCC1. The fraction of sp³-hybridized carbons (Fsp3) is 0.385. The predicted molar refractivity (Wildman–Crippen MR) is 133 cm³/mol. The molecule has 1 N–H and O–H groups in total. The number of fused-ring (bicyclic) bond motifs is 1. The molecule has 2 aromatic carbocycles. The second-order valence-corrected chi connectivity index (χ2v) is 10.0. The van der Waals surface area contributed by atoms with Crippen LogP contribution in [0.3, 0.4) is 0 Å². The first-order valence-electron chi connectivity index (χ1n) is 12.1. The summed E-state index contributed by atoms with van der Waals surface area (Å²) in [5.41, 5.74) is 3.84. The van der Waals surface area contributed by atoms with Gasteiger partial charge in [0.1, 0.15) is 31.7 Å². The van der Waals surface area contributed by atoms with E-state index in [1.54, 1.807) is 11.8 Å². The van der Waals surface area contributed by atoms with Crippen LogP contribution in [0.5, 0.6) is 11.5 Å². The van der Waals surface area contributed by atoms with Crippen LogP contribution in [0, 0.1) is 0 Å². The van der Waals surface area contributed by atoms with Crippen molar-refractivity contribution in [3.8, 4) is 28.4 Å². The zero-order valence-electron chi connectivity index (χ0n) is 19.5. The Bertz CT molecular complexity index is 1200. The number of quaternary nitrogens is 1. The maximum Gasteiger partial charge on any atom is 0.234 e. The summed E-state index contributed by atoms with van der Waals surface area (Å²) in [6.45, 7) is 6.32. The number of morpholine rings is 1. The van der Waals surface area contributed by atoms with Crippen LogP contribution < -0.4 is 14.4 Å². The van der Waals surface area contributed by atoms with Crippen LogP contribution in [0.15, 0.2) is 54.7 Å². The number of thioether (sulfide) groups is 1. The van der Waals surface area contributed by atoms with Crippen molar-refractivity contribution in [2.75, 3.05) is 58.4 Å². The lowest BCUT2D eigenvalue weighted by atomic mass is 10.1. The summed E-state index contributed by atoms with van der Waals surface area (Å²) in [5, 5.41) is 4.92. The van der Waals surface area contributed by atoms with Crippen LogP contribution in [-0.4, -0.2) is 78.9 Å². The third-order valence-corrected chi connectivity index (χ3v) is 7.96. The Morgan fingerprint density at radius 1 is 1.00 bits per heavy atom. The van der Waals surface area contributed by atoms with Crippen LogP contribution in [0.1, 0.15) is 10.9 Å². The highest BCUT2D eigenvalue weighted by Gasteiger charge is 2.36. The number of benzene rings is 2. The molecule has 0 bridgehead atoms. The fourth-order valence-corrected chi connectivity index (χ4v) is 6.06.